The molecule has 6 heteroatoms. The normalized spacial score (nSPS) is 17.9. The van der Waals surface area contributed by atoms with Gasteiger partial charge in [-0.3, -0.25) is 9.59 Å². The largest absolute Gasteiger partial charge is 0.326 e. The highest BCUT2D eigenvalue weighted by atomic mass is 19.3. The molecule has 0 saturated heterocycles. The molecule has 0 aromatic heterocycles. The number of nitrogens with zero attached hydrogens (tertiary/aromatic N) is 1. The molecule has 0 unspecified atom stereocenters. The minimum atomic E-state index is -2.62. The quantitative estimate of drug-likeness (QED) is 0.610. The molecule has 1 aliphatic rings. The van der Waals surface area contributed by atoms with Gasteiger partial charge in [0.25, 0.3) is 5.91 Å². The molecule has 0 atom stereocenters. The number of hydrogen-bond donors (Lipinski definition) is 1. The first-order valence-electron chi connectivity index (χ1n) is 8.64. The highest BCUT2D eigenvalue weighted by Gasteiger charge is 2.36. The fourth-order valence-corrected chi connectivity index (χ4v) is 2.85. The molecule has 1 fully saturated rings. The Bertz CT molecular complexity index is 686. The van der Waals surface area contributed by atoms with E-state index in [1.54, 1.807) is 37.4 Å². The van der Waals surface area contributed by atoms with Gasteiger partial charge in [0.05, 0.1) is 0 Å². The van der Waals surface area contributed by atoms with E-state index in [-0.39, 0.29) is 37.6 Å². The zero-order valence-electron chi connectivity index (χ0n) is 15.0. The van der Waals surface area contributed by atoms with E-state index in [1.165, 1.54) is 4.90 Å². The predicted octanol–water partition coefficient (Wildman–Crippen LogP) is 4.18. The summed E-state index contributed by atoms with van der Waals surface area (Å²) in [5.41, 5.74) is 2.25. The third-order valence-corrected chi connectivity index (χ3v) is 4.46. The third-order valence-electron chi connectivity index (χ3n) is 4.46. The van der Waals surface area contributed by atoms with Gasteiger partial charge in [0.2, 0.25) is 12.3 Å². The summed E-state index contributed by atoms with van der Waals surface area (Å²) in [6.45, 7) is 3.69. The van der Waals surface area contributed by atoms with Gasteiger partial charge < -0.3 is 10.2 Å². The van der Waals surface area contributed by atoms with Crippen molar-refractivity contribution in [3.63, 3.8) is 0 Å². The van der Waals surface area contributed by atoms with Crippen LogP contribution in [-0.2, 0) is 4.79 Å². The van der Waals surface area contributed by atoms with Crippen LogP contribution < -0.4 is 5.32 Å². The maximum atomic E-state index is 13.2. The van der Waals surface area contributed by atoms with Crippen LogP contribution in [0.5, 0.6) is 0 Å². The number of alkyl halides is 2. The van der Waals surface area contributed by atoms with Gasteiger partial charge in [0.15, 0.2) is 0 Å². The Labute approximate surface area is 152 Å². The Morgan fingerprint density at radius 3 is 2.42 bits per heavy atom. The molecule has 0 aliphatic heterocycles. The molecular weight excluding hydrogens is 338 g/mol. The van der Waals surface area contributed by atoms with Crippen LogP contribution in [0.3, 0.4) is 0 Å². The number of halogens is 2. The molecule has 26 heavy (non-hydrogen) atoms. The first kappa shape index (κ1) is 19.8. The second kappa shape index (κ2) is 8.74. The topological polar surface area (TPSA) is 49.4 Å². The summed E-state index contributed by atoms with van der Waals surface area (Å²) in [7, 11) is 0. The van der Waals surface area contributed by atoms with E-state index >= 15 is 0 Å². The molecular formula is C20H24F2N2O2. The lowest BCUT2D eigenvalue weighted by Gasteiger charge is -2.32. The number of hydrogen-bond acceptors (Lipinski definition) is 2. The molecule has 2 rings (SSSR count). The van der Waals surface area contributed by atoms with Gasteiger partial charge in [-0.2, -0.15) is 0 Å². The Hall–Kier alpha value is -2.50. The summed E-state index contributed by atoms with van der Waals surface area (Å²) in [5, 5.41) is 2.76. The fourth-order valence-electron chi connectivity index (χ4n) is 2.85. The molecule has 0 heterocycles. The summed E-state index contributed by atoms with van der Waals surface area (Å²) in [6.07, 6.45) is 5.67. The number of benzene rings is 1. The Balaban J connectivity index is 1.90. The highest BCUT2D eigenvalue weighted by Crippen LogP contribution is 2.34. The lowest BCUT2D eigenvalue weighted by Crippen LogP contribution is -2.37. The molecule has 140 valence electrons. The molecule has 1 saturated carbocycles. The van der Waals surface area contributed by atoms with Crippen molar-refractivity contribution < 1.29 is 18.4 Å². The number of amides is 2. The van der Waals surface area contributed by atoms with Gasteiger partial charge in [-0.25, -0.2) is 8.78 Å². The minimum Gasteiger partial charge on any atom is -0.326 e. The van der Waals surface area contributed by atoms with E-state index in [9.17, 15) is 18.4 Å². The minimum absolute atomic E-state index is 0.197. The lowest BCUT2D eigenvalue weighted by molar-refractivity contribution is -0.120. The van der Waals surface area contributed by atoms with E-state index in [4.69, 9.17) is 0 Å². The van der Waals surface area contributed by atoms with E-state index in [0.717, 1.165) is 5.56 Å². The van der Waals surface area contributed by atoms with Crippen molar-refractivity contribution in [2.45, 2.75) is 51.5 Å². The maximum Gasteiger partial charge on any atom is 0.255 e. The summed E-state index contributed by atoms with van der Waals surface area (Å²) in [6, 6.07) is 7.02. The van der Waals surface area contributed by atoms with E-state index in [1.807, 2.05) is 19.1 Å². The molecule has 0 spiro atoms. The number of carbonyl (C=O) groups is 2. The van der Waals surface area contributed by atoms with E-state index in [0.29, 0.717) is 17.7 Å². The predicted molar refractivity (Wildman–Crippen MR) is 96.6 cm³/mol. The number of rotatable bonds is 6. The van der Waals surface area contributed by atoms with Crippen molar-refractivity contribution in [2.75, 3.05) is 0 Å². The lowest BCUT2D eigenvalue weighted by atomic mass is 9.91. The number of nitrogens with one attached hydrogen (secondary N) is 1. The van der Waals surface area contributed by atoms with Gasteiger partial charge in [-0.15, -0.1) is 0 Å². The molecule has 1 aromatic rings. The molecule has 2 amide bonds. The number of allylic oxidation sites excluding steroid dienone is 3. The standard InChI is InChI=1S/C20H24F2N2O2/c1-15-5-7-17(8-6-15)19(26)23-16(2)4-3-13-24(14-25)18-9-11-20(21,22)12-10-18/h3-8,13-14,18H,9-12H2,1-2H3,(H,23,26)/b13-3-,16-4+. The van der Waals surface area contributed by atoms with Crippen LogP contribution >= 0.6 is 0 Å². The highest BCUT2D eigenvalue weighted by molar-refractivity contribution is 5.95. The van der Waals surface area contributed by atoms with Crippen LogP contribution in [0.15, 0.2) is 48.3 Å². The summed E-state index contributed by atoms with van der Waals surface area (Å²) in [5.74, 6) is -2.83. The van der Waals surface area contributed by atoms with Crippen LogP contribution in [0.1, 0.15) is 48.5 Å². The van der Waals surface area contributed by atoms with Gasteiger partial charge >= 0.3 is 0 Å². The molecule has 1 N–H and O–H groups in total. The zero-order chi connectivity index (χ0) is 19.2. The first-order chi connectivity index (χ1) is 12.3. The summed E-state index contributed by atoms with van der Waals surface area (Å²) < 4.78 is 26.4. The second-order valence-corrected chi connectivity index (χ2v) is 6.65. The number of carbonyl (C=O) groups excluding carboxylic acids is 2. The molecule has 0 bridgehead atoms. The van der Waals surface area contributed by atoms with Crippen molar-refractivity contribution >= 4 is 12.3 Å². The molecule has 1 aliphatic carbocycles. The maximum absolute atomic E-state index is 13.2. The smallest absolute Gasteiger partial charge is 0.255 e. The first-order valence-corrected chi connectivity index (χ1v) is 8.64. The Morgan fingerprint density at radius 2 is 1.85 bits per heavy atom. The summed E-state index contributed by atoms with van der Waals surface area (Å²) >= 11 is 0. The summed E-state index contributed by atoms with van der Waals surface area (Å²) in [4.78, 5) is 24.8. The fraction of sp³-hybridized carbons (Fsp3) is 0.400. The zero-order valence-corrected chi connectivity index (χ0v) is 15.0. The molecule has 4 nitrogen and oxygen atoms in total. The number of aryl methyl sites for hydroxylation is 1. The van der Waals surface area contributed by atoms with Crippen LogP contribution in [0, 0.1) is 6.92 Å². The average molecular weight is 362 g/mol. The monoisotopic (exact) mass is 362 g/mol. The van der Waals surface area contributed by atoms with Gasteiger partial charge in [0.1, 0.15) is 0 Å². The van der Waals surface area contributed by atoms with Crippen molar-refractivity contribution in [3.05, 3.63) is 59.4 Å². The van der Waals surface area contributed by atoms with Gasteiger partial charge in [-0.05, 0) is 51.0 Å². The Kier molecular flexibility index (Phi) is 6.66. The van der Waals surface area contributed by atoms with Gasteiger partial charge in [-0.1, -0.05) is 17.7 Å². The average Bonchev–Trinajstić information content (AvgIpc) is 2.60. The van der Waals surface area contributed by atoms with Crippen molar-refractivity contribution in [1.29, 1.82) is 0 Å². The SMILES string of the molecule is C/C(=C\C=C/N(C=O)C1CCC(F)(F)CC1)NC(=O)c1ccc(C)cc1. The van der Waals surface area contributed by atoms with Crippen LogP contribution in [0.25, 0.3) is 0 Å². The molecule has 1 aromatic carbocycles. The van der Waals surface area contributed by atoms with Gasteiger partial charge in [0, 0.05) is 36.3 Å². The third kappa shape index (κ3) is 5.79. The van der Waals surface area contributed by atoms with Crippen LogP contribution in [0.4, 0.5) is 8.78 Å². The van der Waals surface area contributed by atoms with Crippen molar-refractivity contribution in [2.24, 2.45) is 0 Å². The van der Waals surface area contributed by atoms with Crippen LogP contribution in [0.2, 0.25) is 0 Å². The second-order valence-electron chi connectivity index (χ2n) is 6.65. The van der Waals surface area contributed by atoms with E-state index < -0.39 is 5.92 Å². The van der Waals surface area contributed by atoms with Crippen LogP contribution in [-0.4, -0.2) is 29.2 Å². The van der Waals surface area contributed by atoms with Crippen molar-refractivity contribution in [3.8, 4) is 0 Å². The Morgan fingerprint density at radius 1 is 1.23 bits per heavy atom. The molecule has 0 radical (unpaired) electrons. The van der Waals surface area contributed by atoms with Crippen molar-refractivity contribution in [1.82, 2.24) is 10.2 Å². The van der Waals surface area contributed by atoms with E-state index in [2.05, 4.69) is 5.32 Å².